The molecule has 2 aromatic rings. The van der Waals surface area contributed by atoms with Gasteiger partial charge in [-0.3, -0.25) is 4.79 Å². The third-order valence-electron chi connectivity index (χ3n) is 3.92. The van der Waals surface area contributed by atoms with Crippen LogP contribution in [0.3, 0.4) is 0 Å². The van der Waals surface area contributed by atoms with Crippen LogP contribution in [-0.2, 0) is 9.84 Å². The average Bonchev–Trinajstić information content (AvgIpc) is 2.57. The van der Waals surface area contributed by atoms with E-state index in [1.807, 2.05) is 0 Å². The standard InChI is InChI=1S/C16H18N4O3S/c1-10-9-13(20-16(17-2)18-10)15(21)19-12-7-8-24(22,23)14-6-4-3-5-11(12)14/h3-6,9,12H,7-8H2,1-2H3,(H,19,21)(H,17,18,20)/t12-/m0/s1. The fourth-order valence-corrected chi connectivity index (χ4v) is 4.39. The van der Waals surface area contributed by atoms with Crippen LogP contribution in [0.25, 0.3) is 0 Å². The molecule has 0 fully saturated rings. The molecule has 1 aliphatic rings. The van der Waals surface area contributed by atoms with Crippen LogP contribution in [0.2, 0.25) is 0 Å². The quantitative estimate of drug-likeness (QED) is 0.873. The molecule has 24 heavy (non-hydrogen) atoms. The van der Waals surface area contributed by atoms with Gasteiger partial charge in [0.05, 0.1) is 16.7 Å². The van der Waals surface area contributed by atoms with Crippen molar-refractivity contribution in [3.63, 3.8) is 0 Å². The van der Waals surface area contributed by atoms with Gasteiger partial charge in [0.1, 0.15) is 5.69 Å². The molecule has 7 nitrogen and oxygen atoms in total. The lowest BCUT2D eigenvalue weighted by Gasteiger charge is -2.26. The van der Waals surface area contributed by atoms with Crippen molar-refractivity contribution in [2.24, 2.45) is 0 Å². The van der Waals surface area contributed by atoms with Gasteiger partial charge in [-0.25, -0.2) is 18.4 Å². The van der Waals surface area contributed by atoms with Gasteiger partial charge in [0, 0.05) is 12.7 Å². The fraction of sp³-hybridized carbons (Fsp3) is 0.312. The minimum atomic E-state index is -3.28. The van der Waals surface area contributed by atoms with Crippen LogP contribution >= 0.6 is 0 Å². The lowest BCUT2D eigenvalue weighted by Crippen LogP contribution is -2.34. The highest BCUT2D eigenvalue weighted by Gasteiger charge is 2.31. The first-order valence-electron chi connectivity index (χ1n) is 7.56. The molecule has 2 N–H and O–H groups in total. The second-order valence-electron chi connectivity index (χ2n) is 5.64. The molecule has 0 bridgehead atoms. The Balaban J connectivity index is 1.89. The number of rotatable bonds is 3. The van der Waals surface area contributed by atoms with Crippen molar-refractivity contribution in [3.8, 4) is 0 Å². The first kappa shape index (κ1) is 16.4. The Hall–Kier alpha value is -2.48. The van der Waals surface area contributed by atoms with E-state index in [1.165, 1.54) is 0 Å². The Labute approximate surface area is 140 Å². The lowest BCUT2D eigenvalue weighted by atomic mass is 10.0. The largest absolute Gasteiger partial charge is 0.357 e. The van der Waals surface area contributed by atoms with Gasteiger partial charge in [0.2, 0.25) is 5.95 Å². The maximum absolute atomic E-state index is 12.5. The van der Waals surface area contributed by atoms with Crippen LogP contribution in [0.5, 0.6) is 0 Å². The van der Waals surface area contributed by atoms with E-state index in [1.54, 1.807) is 44.3 Å². The van der Waals surface area contributed by atoms with Crippen molar-refractivity contribution < 1.29 is 13.2 Å². The van der Waals surface area contributed by atoms with Crippen LogP contribution in [0.15, 0.2) is 35.2 Å². The summed E-state index contributed by atoms with van der Waals surface area (Å²) in [6.07, 6.45) is 0.341. The van der Waals surface area contributed by atoms with E-state index in [0.717, 1.165) is 0 Å². The molecule has 1 aromatic heterocycles. The predicted molar refractivity (Wildman–Crippen MR) is 89.6 cm³/mol. The second kappa shape index (κ2) is 6.20. The van der Waals surface area contributed by atoms with Gasteiger partial charge in [0.25, 0.3) is 5.91 Å². The number of hydrogen-bond donors (Lipinski definition) is 2. The summed E-state index contributed by atoms with van der Waals surface area (Å²) in [5.74, 6) is 0.0300. The summed E-state index contributed by atoms with van der Waals surface area (Å²) in [7, 11) is -1.60. The Kier molecular flexibility index (Phi) is 4.23. The van der Waals surface area contributed by atoms with E-state index < -0.39 is 9.84 Å². The van der Waals surface area contributed by atoms with Crippen molar-refractivity contribution >= 4 is 21.7 Å². The molecule has 0 spiro atoms. The SMILES string of the molecule is CNc1nc(C)cc(C(=O)N[C@H]2CCS(=O)(=O)c3ccccc32)n1. The molecule has 126 valence electrons. The zero-order valence-corrected chi connectivity index (χ0v) is 14.2. The zero-order valence-electron chi connectivity index (χ0n) is 13.4. The number of hydrogen-bond acceptors (Lipinski definition) is 6. The van der Waals surface area contributed by atoms with Crippen LogP contribution in [0, 0.1) is 6.92 Å². The maximum atomic E-state index is 12.5. The summed E-state index contributed by atoms with van der Waals surface area (Å²) in [4.78, 5) is 21.1. The Morgan fingerprint density at radius 1 is 1.25 bits per heavy atom. The van der Waals surface area contributed by atoms with Gasteiger partial charge in [-0.15, -0.1) is 0 Å². The molecule has 0 radical (unpaired) electrons. The van der Waals surface area contributed by atoms with Crippen molar-refractivity contribution in [2.75, 3.05) is 18.1 Å². The molecule has 1 aliphatic heterocycles. The lowest BCUT2D eigenvalue weighted by molar-refractivity contribution is 0.0929. The summed E-state index contributed by atoms with van der Waals surface area (Å²) in [5, 5.41) is 5.70. The van der Waals surface area contributed by atoms with E-state index in [4.69, 9.17) is 0 Å². The highest BCUT2D eigenvalue weighted by atomic mass is 32.2. The number of amides is 1. The van der Waals surface area contributed by atoms with Crippen LogP contribution < -0.4 is 10.6 Å². The number of nitrogens with one attached hydrogen (secondary N) is 2. The molecular formula is C16H18N4O3S. The van der Waals surface area contributed by atoms with E-state index in [-0.39, 0.29) is 28.3 Å². The van der Waals surface area contributed by atoms with Gasteiger partial charge in [-0.1, -0.05) is 18.2 Å². The zero-order chi connectivity index (χ0) is 17.3. The van der Waals surface area contributed by atoms with Gasteiger partial charge in [-0.05, 0) is 31.0 Å². The number of carbonyl (C=O) groups excluding carboxylic acids is 1. The third-order valence-corrected chi connectivity index (χ3v) is 5.74. The molecular weight excluding hydrogens is 328 g/mol. The van der Waals surface area contributed by atoms with Crippen molar-refractivity contribution in [1.82, 2.24) is 15.3 Å². The topological polar surface area (TPSA) is 101 Å². The summed E-state index contributed by atoms with van der Waals surface area (Å²) in [5.41, 5.74) is 1.54. The van der Waals surface area contributed by atoms with Gasteiger partial charge in [-0.2, -0.15) is 0 Å². The average molecular weight is 346 g/mol. The number of aryl methyl sites for hydroxylation is 1. The van der Waals surface area contributed by atoms with Gasteiger partial charge < -0.3 is 10.6 Å². The summed E-state index contributed by atoms with van der Waals surface area (Å²) in [6.45, 7) is 1.78. The summed E-state index contributed by atoms with van der Waals surface area (Å²) in [6, 6.07) is 8.02. The van der Waals surface area contributed by atoms with E-state index in [0.29, 0.717) is 23.6 Å². The van der Waals surface area contributed by atoms with Crippen molar-refractivity contribution in [3.05, 3.63) is 47.3 Å². The smallest absolute Gasteiger partial charge is 0.270 e. The van der Waals surface area contributed by atoms with Gasteiger partial charge >= 0.3 is 0 Å². The number of fused-ring (bicyclic) bond motifs is 1. The van der Waals surface area contributed by atoms with E-state index in [9.17, 15) is 13.2 Å². The molecule has 0 aliphatic carbocycles. The number of anilines is 1. The van der Waals surface area contributed by atoms with Gasteiger partial charge in [0.15, 0.2) is 9.84 Å². The highest BCUT2D eigenvalue weighted by molar-refractivity contribution is 7.91. The first-order valence-corrected chi connectivity index (χ1v) is 9.22. The monoisotopic (exact) mass is 346 g/mol. The number of nitrogens with zero attached hydrogens (tertiary/aromatic N) is 2. The Bertz CT molecular complexity index is 896. The number of sulfone groups is 1. The van der Waals surface area contributed by atoms with Crippen LogP contribution in [0.4, 0.5) is 5.95 Å². The molecule has 1 atom stereocenters. The van der Waals surface area contributed by atoms with Crippen molar-refractivity contribution in [2.45, 2.75) is 24.3 Å². The molecule has 8 heteroatoms. The molecule has 1 aromatic carbocycles. The Morgan fingerprint density at radius 3 is 2.75 bits per heavy atom. The normalized spacial score (nSPS) is 18.5. The molecule has 0 saturated carbocycles. The molecule has 2 heterocycles. The minimum Gasteiger partial charge on any atom is -0.357 e. The van der Waals surface area contributed by atoms with Crippen LogP contribution in [0.1, 0.15) is 34.2 Å². The second-order valence-corrected chi connectivity index (χ2v) is 7.72. The summed E-state index contributed by atoms with van der Waals surface area (Å²) >= 11 is 0. The number of aromatic nitrogens is 2. The molecule has 0 unspecified atom stereocenters. The molecule has 1 amide bonds. The van der Waals surface area contributed by atoms with Crippen molar-refractivity contribution in [1.29, 1.82) is 0 Å². The fourth-order valence-electron chi connectivity index (χ4n) is 2.77. The Morgan fingerprint density at radius 2 is 2.00 bits per heavy atom. The van der Waals surface area contributed by atoms with E-state index in [2.05, 4.69) is 20.6 Å². The van der Waals surface area contributed by atoms with E-state index >= 15 is 0 Å². The minimum absolute atomic E-state index is 0.0134. The van der Waals surface area contributed by atoms with Crippen LogP contribution in [-0.4, -0.2) is 37.1 Å². The number of carbonyl (C=O) groups is 1. The third kappa shape index (κ3) is 3.09. The highest BCUT2D eigenvalue weighted by Crippen LogP contribution is 2.32. The summed E-state index contributed by atoms with van der Waals surface area (Å²) < 4.78 is 24.3. The first-order chi connectivity index (χ1) is 11.4. The maximum Gasteiger partial charge on any atom is 0.270 e. The molecule has 3 rings (SSSR count). The number of benzene rings is 1. The molecule has 0 saturated heterocycles. The predicted octanol–water partition coefficient (Wildman–Crippen LogP) is 1.48.